The van der Waals surface area contributed by atoms with Gasteiger partial charge in [-0.25, -0.2) is 12.8 Å². The molecule has 0 amide bonds. The molecular formula is C12H11BrFNO2S2. The first kappa shape index (κ1) is 14.5. The molecule has 102 valence electrons. The molecule has 0 aliphatic carbocycles. The van der Waals surface area contributed by atoms with E-state index >= 15 is 0 Å². The van der Waals surface area contributed by atoms with Crippen molar-refractivity contribution in [3.05, 3.63) is 44.8 Å². The smallest absolute Gasteiger partial charge is 0.175 e. The second kappa shape index (κ2) is 5.60. The number of halogens is 2. The zero-order valence-corrected chi connectivity index (χ0v) is 13.2. The Hall–Kier alpha value is -0.920. The molecule has 0 bridgehead atoms. The minimum Gasteiger partial charge on any atom is -0.378 e. The number of benzene rings is 1. The molecule has 1 aromatic carbocycles. The molecule has 0 aliphatic rings. The third kappa shape index (κ3) is 3.55. The van der Waals surface area contributed by atoms with E-state index in [1.807, 2.05) is 11.4 Å². The summed E-state index contributed by atoms with van der Waals surface area (Å²) < 4.78 is 37.4. The van der Waals surface area contributed by atoms with Gasteiger partial charge in [-0.15, -0.1) is 11.3 Å². The highest BCUT2D eigenvalue weighted by Crippen LogP contribution is 2.25. The van der Waals surface area contributed by atoms with E-state index in [0.29, 0.717) is 6.54 Å². The molecule has 0 saturated carbocycles. The summed E-state index contributed by atoms with van der Waals surface area (Å²) in [7, 11) is -3.34. The van der Waals surface area contributed by atoms with Crippen LogP contribution in [0.2, 0.25) is 0 Å². The van der Waals surface area contributed by atoms with E-state index in [9.17, 15) is 12.8 Å². The van der Waals surface area contributed by atoms with Crippen LogP contribution in [0.1, 0.15) is 4.88 Å². The first-order valence-electron chi connectivity index (χ1n) is 5.33. The Morgan fingerprint density at radius 3 is 2.68 bits per heavy atom. The van der Waals surface area contributed by atoms with Gasteiger partial charge in [-0.05, 0) is 45.6 Å². The van der Waals surface area contributed by atoms with Crippen molar-refractivity contribution in [1.29, 1.82) is 0 Å². The molecular weight excluding hydrogens is 353 g/mol. The molecule has 0 unspecified atom stereocenters. The van der Waals surface area contributed by atoms with Crippen LogP contribution in [0.25, 0.3) is 0 Å². The highest BCUT2D eigenvalue weighted by Gasteiger charge is 2.11. The largest absolute Gasteiger partial charge is 0.378 e. The van der Waals surface area contributed by atoms with Crippen LogP contribution in [-0.2, 0) is 16.4 Å². The molecule has 1 heterocycles. The summed E-state index contributed by atoms with van der Waals surface area (Å²) in [6, 6.07) is 5.64. The average molecular weight is 364 g/mol. The van der Waals surface area contributed by atoms with Crippen molar-refractivity contribution in [2.75, 3.05) is 11.6 Å². The quantitative estimate of drug-likeness (QED) is 0.843. The Labute approximate surface area is 123 Å². The van der Waals surface area contributed by atoms with E-state index in [1.54, 1.807) is 0 Å². The highest BCUT2D eigenvalue weighted by molar-refractivity contribution is 9.10. The molecule has 0 aliphatic heterocycles. The van der Waals surface area contributed by atoms with Crippen LogP contribution < -0.4 is 5.32 Å². The lowest BCUT2D eigenvalue weighted by Gasteiger charge is -2.08. The zero-order chi connectivity index (χ0) is 14.0. The fourth-order valence-electron chi connectivity index (χ4n) is 1.50. The van der Waals surface area contributed by atoms with Crippen LogP contribution in [0.15, 0.2) is 39.0 Å². The summed E-state index contributed by atoms with van der Waals surface area (Å²) in [4.78, 5) is 1.12. The van der Waals surface area contributed by atoms with Gasteiger partial charge < -0.3 is 5.32 Å². The number of sulfone groups is 1. The number of rotatable bonds is 4. The molecule has 0 radical (unpaired) electrons. The van der Waals surface area contributed by atoms with Crippen molar-refractivity contribution < 1.29 is 12.8 Å². The van der Waals surface area contributed by atoms with Gasteiger partial charge in [0.15, 0.2) is 9.84 Å². The Morgan fingerprint density at radius 2 is 2.11 bits per heavy atom. The monoisotopic (exact) mass is 363 g/mol. The Morgan fingerprint density at radius 1 is 1.37 bits per heavy atom. The van der Waals surface area contributed by atoms with Crippen molar-refractivity contribution in [2.24, 2.45) is 0 Å². The topological polar surface area (TPSA) is 46.2 Å². The third-order valence-electron chi connectivity index (χ3n) is 2.50. The number of hydrogen-bond acceptors (Lipinski definition) is 4. The minimum atomic E-state index is -3.34. The van der Waals surface area contributed by atoms with E-state index in [4.69, 9.17) is 0 Å². The molecule has 19 heavy (non-hydrogen) atoms. The van der Waals surface area contributed by atoms with Gasteiger partial charge in [0.1, 0.15) is 5.82 Å². The van der Waals surface area contributed by atoms with Gasteiger partial charge in [0.2, 0.25) is 0 Å². The molecule has 0 atom stereocenters. The van der Waals surface area contributed by atoms with Crippen LogP contribution in [0.3, 0.4) is 0 Å². The molecule has 1 N–H and O–H groups in total. The lowest BCUT2D eigenvalue weighted by molar-refractivity contribution is 0.600. The van der Waals surface area contributed by atoms with Crippen LogP contribution in [0.5, 0.6) is 0 Å². The average Bonchev–Trinajstić information content (AvgIpc) is 2.72. The third-order valence-corrected chi connectivity index (χ3v) is 5.53. The molecule has 1 aromatic heterocycles. The van der Waals surface area contributed by atoms with Crippen molar-refractivity contribution in [3.63, 3.8) is 0 Å². The minimum absolute atomic E-state index is 0.0987. The predicted molar refractivity (Wildman–Crippen MR) is 78.9 cm³/mol. The fourth-order valence-corrected chi connectivity index (χ4v) is 3.58. The van der Waals surface area contributed by atoms with Crippen molar-refractivity contribution in [1.82, 2.24) is 0 Å². The maximum absolute atomic E-state index is 13.6. The van der Waals surface area contributed by atoms with E-state index in [1.165, 1.54) is 23.5 Å². The number of nitrogens with one attached hydrogen (secondary N) is 1. The highest BCUT2D eigenvalue weighted by atomic mass is 79.9. The van der Waals surface area contributed by atoms with Crippen LogP contribution in [0, 0.1) is 5.82 Å². The fraction of sp³-hybridized carbons (Fsp3) is 0.167. The number of thiophene rings is 1. The maximum Gasteiger partial charge on any atom is 0.175 e. The first-order chi connectivity index (χ1) is 8.88. The van der Waals surface area contributed by atoms with Gasteiger partial charge in [0, 0.05) is 15.6 Å². The van der Waals surface area contributed by atoms with E-state index in [2.05, 4.69) is 21.2 Å². The van der Waals surface area contributed by atoms with Gasteiger partial charge in [0.05, 0.1) is 17.1 Å². The van der Waals surface area contributed by atoms with Gasteiger partial charge in [-0.1, -0.05) is 0 Å². The summed E-state index contributed by atoms with van der Waals surface area (Å²) >= 11 is 4.92. The second-order valence-electron chi connectivity index (χ2n) is 3.96. The molecule has 3 nitrogen and oxygen atoms in total. The SMILES string of the molecule is CS(=O)(=O)c1ccc(F)c(NCc2sccc2Br)c1. The standard InChI is InChI=1S/C12H11BrFNO2S2/c1-19(16,17)8-2-3-10(14)11(6-8)15-7-12-9(13)4-5-18-12/h2-6,15H,7H2,1H3. The van der Waals surface area contributed by atoms with E-state index in [0.717, 1.165) is 21.7 Å². The van der Waals surface area contributed by atoms with E-state index in [-0.39, 0.29) is 10.6 Å². The molecule has 2 rings (SSSR count). The summed E-state index contributed by atoms with van der Waals surface area (Å²) in [6.07, 6.45) is 1.10. The van der Waals surface area contributed by atoms with Crippen molar-refractivity contribution in [2.45, 2.75) is 11.4 Å². The molecule has 7 heteroatoms. The molecule has 0 fully saturated rings. The molecule has 0 spiro atoms. The normalized spacial score (nSPS) is 11.5. The summed E-state index contributed by atoms with van der Waals surface area (Å²) in [6.45, 7) is 0.433. The van der Waals surface area contributed by atoms with Gasteiger partial charge in [-0.3, -0.25) is 0 Å². The van der Waals surface area contributed by atoms with E-state index < -0.39 is 15.7 Å². The lowest BCUT2D eigenvalue weighted by Crippen LogP contribution is -2.03. The maximum atomic E-state index is 13.6. The Kier molecular flexibility index (Phi) is 4.27. The van der Waals surface area contributed by atoms with Gasteiger partial charge >= 0.3 is 0 Å². The van der Waals surface area contributed by atoms with Gasteiger partial charge in [-0.2, -0.15) is 0 Å². The summed E-state index contributed by atoms with van der Waals surface area (Å²) in [5.41, 5.74) is 0.184. The van der Waals surface area contributed by atoms with Gasteiger partial charge in [0.25, 0.3) is 0 Å². The predicted octanol–water partition coefficient (Wildman–Crippen LogP) is 3.67. The molecule has 0 saturated heterocycles. The van der Waals surface area contributed by atoms with Crippen LogP contribution in [-0.4, -0.2) is 14.7 Å². The Bertz CT molecular complexity index is 698. The number of anilines is 1. The number of hydrogen-bond donors (Lipinski definition) is 1. The van der Waals surface area contributed by atoms with Crippen LogP contribution in [0.4, 0.5) is 10.1 Å². The first-order valence-corrected chi connectivity index (χ1v) is 8.89. The van der Waals surface area contributed by atoms with Crippen molar-refractivity contribution in [3.8, 4) is 0 Å². The zero-order valence-electron chi connectivity index (χ0n) is 9.98. The van der Waals surface area contributed by atoms with Crippen molar-refractivity contribution >= 4 is 42.8 Å². The summed E-state index contributed by atoms with van der Waals surface area (Å²) in [5, 5.41) is 4.83. The summed E-state index contributed by atoms with van der Waals surface area (Å²) in [5.74, 6) is -0.472. The Balaban J connectivity index is 2.23. The lowest BCUT2D eigenvalue weighted by atomic mass is 10.3. The molecule has 2 aromatic rings. The van der Waals surface area contributed by atoms with Crippen LogP contribution >= 0.6 is 27.3 Å². The second-order valence-corrected chi connectivity index (χ2v) is 7.83.